The second-order valence-electron chi connectivity index (χ2n) is 8.87. The van der Waals surface area contributed by atoms with Crippen LogP contribution in [0.15, 0.2) is 18.5 Å². The fraction of sp³-hybridized carbons (Fsp3) is 0.682. The minimum absolute atomic E-state index is 0.0481. The largest absolute Gasteiger partial charge is 0.489 e. The smallest absolute Gasteiger partial charge is 0.410 e. The van der Waals surface area contributed by atoms with Crippen LogP contribution in [0, 0.1) is 11.3 Å². The molecule has 2 saturated carbocycles. The van der Waals surface area contributed by atoms with Crippen molar-refractivity contribution in [2.24, 2.45) is 0 Å². The predicted octanol–water partition coefficient (Wildman–Crippen LogP) is 2.94. The lowest BCUT2D eigenvalue weighted by molar-refractivity contribution is -0.905. The quantitative estimate of drug-likeness (QED) is 0.586. The number of nitrogens with zero attached hydrogens (tertiary/aromatic N) is 3. The van der Waals surface area contributed by atoms with Gasteiger partial charge in [0.15, 0.2) is 5.56 Å². The van der Waals surface area contributed by atoms with Crippen LogP contribution in [0.2, 0.25) is 0 Å². The third kappa shape index (κ3) is 5.14. The Morgan fingerprint density at radius 2 is 1.80 bits per heavy atom. The van der Waals surface area contributed by atoms with Crippen LogP contribution in [-0.4, -0.2) is 53.2 Å². The van der Waals surface area contributed by atoms with E-state index >= 15 is 0 Å². The zero-order chi connectivity index (χ0) is 21.1. The van der Waals surface area contributed by atoms with Gasteiger partial charge in [0.05, 0.1) is 24.4 Å². The monoisotopic (exact) mass is 416 g/mol. The first kappa shape index (κ1) is 20.7. The first-order valence-corrected chi connectivity index (χ1v) is 10.9. The molecular weight excluding hydrogens is 386 g/mol. The van der Waals surface area contributed by atoms with Crippen molar-refractivity contribution in [3.05, 3.63) is 24.0 Å². The fourth-order valence-electron chi connectivity index (χ4n) is 4.13. The maximum atomic E-state index is 12.2. The summed E-state index contributed by atoms with van der Waals surface area (Å²) in [7, 11) is 0. The highest BCUT2D eigenvalue weighted by Gasteiger charge is 2.43. The number of amides is 1. The molecule has 8 nitrogen and oxygen atoms in total. The predicted molar refractivity (Wildman–Crippen MR) is 105 cm³/mol. The molecule has 1 aromatic heterocycles. The van der Waals surface area contributed by atoms with E-state index in [1.165, 1.54) is 12.4 Å². The lowest BCUT2D eigenvalue weighted by Gasteiger charge is -2.36. The Labute approximate surface area is 176 Å². The Morgan fingerprint density at radius 1 is 1.17 bits per heavy atom. The highest BCUT2D eigenvalue weighted by Crippen LogP contribution is 2.39. The Bertz CT molecular complexity index is 803. The molecule has 0 radical (unpaired) electrons. The molecule has 0 spiro atoms. The first-order chi connectivity index (χ1) is 14.4. The topological polar surface area (TPSA) is 95.9 Å². The average Bonchev–Trinajstić information content (AvgIpc) is 3.47. The second-order valence-corrected chi connectivity index (χ2v) is 8.87. The summed E-state index contributed by atoms with van der Waals surface area (Å²) < 4.78 is 18.7. The summed E-state index contributed by atoms with van der Waals surface area (Å²) in [6.45, 7) is 3.37. The standard InChI is InChI=1S/C22H30N3O5/c1-22(9-10-22)30-21(26)24-11-6-19(7-12-24)28-17-2-4-18(5-3-17)29-20-8-13-25(27)15-16(20)14-23/h8,13,15,17-19,27H,2-7,9-12H2,1H3/q+1. The molecule has 162 valence electrons. The number of likely N-dealkylation sites (tertiary alicyclic amines) is 1. The van der Waals surface area contributed by atoms with Gasteiger partial charge in [0.2, 0.25) is 12.4 Å². The van der Waals surface area contributed by atoms with Gasteiger partial charge in [0, 0.05) is 17.8 Å². The van der Waals surface area contributed by atoms with Crippen molar-refractivity contribution in [3.63, 3.8) is 0 Å². The normalized spacial score (nSPS) is 25.9. The molecule has 1 saturated heterocycles. The van der Waals surface area contributed by atoms with Gasteiger partial charge in [-0.2, -0.15) is 5.26 Å². The van der Waals surface area contributed by atoms with E-state index in [4.69, 9.17) is 14.2 Å². The van der Waals surface area contributed by atoms with E-state index in [0.717, 1.165) is 56.1 Å². The maximum absolute atomic E-state index is 12.2. The summed E-state index contributed by atoms with van der Waals surface area (Å²) in [5.41, 5.74) is 0.0947. The number of piperidine rings is 1. The van der Waals surface area contributed by atoms with E-state index in [0.29, 0.717) is 24.4 Å². The van der Waals surface area contributed by atoms with E-state index in [1.807, 2.05) is 13.0 Å². The minimum atomic E-state index is -0.224. The van der Waals surface area contributed by atoms with E-state index in [9.17, 15) is 15.3 Å². The molecule has 0 aromatic carbocycles. The zero-order valence-electron chi connectivity index (χ0n) is 17.5. The lowest BCUT2D eigenvalue weighted by atomic mass is 9.94. The molecule has 8 heteroatoms. The Balaban J connectivity index is 1.18. The van der Waals surface area contributed by atoms with Gasteiger partial charge < -0.3 is 19.1 Å². The van der Waals surface area contributed by atoms with Crippen LogP contribution in [-0.2, 0) is 9.47 Å². The Morgan fingerprint density at radius 3 is 2.43 bits per heavy atom. The van der Waals surface area contributed by atoms with Gasteiger partial charge >= 0.3 is 6.09 Å². The van der Waals surface area contributed by atoms with E-state index in [2.05, 4.69) is 0 Å². The van der Waals surface area contributed by atoms with Gasteiger partial charge in [-0.05, 0) is 58.3 Å². The second kappa shape index (κ2) is 8.68. The molecule has 30 heavy (non-hydrogen) atoms. The van der Waals surface area contributed by atoms with Gasteiger partial charge in [0.25, 0.3) is 0 Å². The number of aromatic nitrogens is 1. The molecule has 2 aliphatic carbocycles. The van der Waals surface area contributed by atoms with Gasteiger partial charge in [-0.25, -0.2) is 4.79 Å². The average molecular weight is 416 g/mol. The molecule has 0 atom stereocenters. The fourth-order valence-corrected chi connectivity index (χ4v) is 4.13. The summed E-state index contributed by atoms with van der Waals surface area (Å²) in [6, 6.07) is 3.66. The number of pyridine rings is 1. The Hall–Kier alpha value is -2.53. The number of carbonyl (C=O) groups excluding carboxylic acids is 1. The number of hydrogen-bond acceptors (Lipinski definition) is 6. The van der Waals surface area contributed by atoms with Crippen LogP contribution in [0.3, 0.4) is 0 Å². The number of rotatable bonds is 5. The molecule has 2 heterocycles. The van der Waals surface area contributed by atoms with Crippen LogP contribution in [0.25, 0.3) is 0 Å². The van der Waals surface area contributed by atoms with Gasteiger partial charge in [-0.15, -0.1) is 0 Å². The van der Waals surface area contributed by atoms with Crippen LogP contribution >= 0.6 is 0 Å². The van der Waals surface area contributed by atoms with Gasteiger partial charge in [-0.1, -0.05) is 0 Å². The molecule has 4 rings (SSSR count). The third-order valence-corrected chi connectivity index (χ3v) is 6.31. The lowest BCUT2D eigenvalue weighted by Crippen LogP contribution is -2.43. The van der Waals surface area contributed by atoms with Crippen molar-refractivity contribution in [1.29, 1.82) is 5.26 Å². The molecular formula is C22H30N3O5+. The molecule has 0 bridgehead atoms. The third-order valence-electron chi connectivity index (χ3n) is 6.31. The van der Waals surface area contributed by atoms with Crippen LogP contribution < -0.4 is 9.47 Å². The summed E-state index contributed by atoms with van der Waals surface area (Å²) >= 11 is 0. The molecule has 1 N–H and O–H groups in total. The molecule has 1 aliphatic heterocycles. The number of nitriles is 1. The summed E-state index contributed by atoms with van der Waals surface area (Å²) in [4.78, 5) is 14.0. The SMILES string of the molecule is CC1(OC(=O)N2CCC(OC3CCC(Oc4cc[n+](O)cc4C#N)CC3)CC2)CC1. The van der Waals surface area contributed by atoms with Gasteiger partial charge in [0.1, 0.15) is 17.4 Å². The van der Waals surface area contributed by atoms with Crippen molar-refractivity contribution in [3.8, 4) is 11.8 Å². The molecule has 3 aliphatic rings. The molecule has 0 unspecified atom stereocenters. The Kier molecular flexibility index (Phi) is 6.00. The number of hydrogen-bond donors (Lipinski definition) is 1. The van der Waals surface area contributed by atoms with Gasteiger partial charge in [-0.3, -0.25) is 5.21 Å². The summed E-state index contributed by atoms with van der Waals surface area (Å²) in [5, 5.41) is 18.6. The molecule has 3 fully saturated rings. The van der Waals surface area contributed by atoms with E-state index < -0.39 is 0 Å². The summed E-state index contributed by atoms with van der Waals surface area (Å²) in [6.07, 6.45) is 10.3. The van der Waals surface area contributed by atoms with Crippen molar-refractivity contribution in [1.82, 2.24) is 4.90 Å². The minimum Gasteiger partial charge on any atom is -0.489 e. The van der Waals surface area contributed by atoms with Crippen molar-refractivity contribution in [2.75, 3.05) is 13.1 Å². The number of ether oxygens (including phenoxy) is 3. The van der Waals surface area contributed by atoms with Crippen molar-refractivity contribution >= 4 is 6.09 Å². The highest BCUT2D eigenvalue weighted by atomic mass is 16.6. The van der Waals surface area contributed by atoms with Crippen molar-refractivity contribution in [2.45, 2.75) is 82.2 Å². The summed E-state index contributed by atoms with van der Waals surface area (Å²) in [5.74, 6) is 0.506. The maximum Gasteiger partial charge on any atom is 0.410 e. The van der Waals surface area contributed by atoms with E-state index in [1.54, 1.807) is 11.0 Å². The first-order valence-electron chi connectivity index (χ1n) is 10.9. The molecule has 1 amide bonds. The van der Waals surface area contributed by atoms with Crippen LogP contribution in [0.1, 0.15) is 63.9 Å². The molecule has 1 aromatic rings. The van der Waals surface area contributed by atoms with Crippen LogP contribution in [0.5, 0.6) is 5.75 Å². The zero-order valence-corrected chi connectivity index (χ0v) is 17.5. The van der Waals surface area contributed by atoms with Crippen LogP contribution in [0.4, 0.5) is 4.79 Å². The highest BCUT2D eigenvalue weighted by molar-refractivity contribution is 5.68. The number of carbonyl (C=O) groups is 1. The van der Waals surface area contributed by atoms with E-state index in [-0.39, 0.29) is 30.0 Å². The van der Waals surface area contributed by atoms with Crippen molar-refractivity contribution < 1.29 is 28.9 Å².